The van der Waals surface area contributed by atoms with E-state index in [0.29, 0.717) is 17.3 Å². The van der Waals surface area contributed by atoms with E-state index in [4.69, 9.17) is 13.9 Å². The summed E-state index contributed by atoms with van der Waals surface area (Å²) in [6, 6.07) is 16.9. The van der Waals surface area contributed by atoms with Crippen molar-refractivity contribution in [2.24, 2.45) is 0 Å². The van der Waals surface area contributed by atoms with Gasteiger partial charge in [-0.1, -0.05) is 29.8 Å². The third kappa shape index (κ3) is 4.19. The van der Waals surface area contributed by atoms with Crippen molar-refractivity contribution in [3.05, 3.63) is 77.8 Å². The Morgan fingerprint density at radius 3 is 2.52 bits per heavy atom. The number of aryl methyl sites for hydroxylation is 1. The number of aromatic amines is 1. The Morgan fingerprint density at radius 2 is 1.79 bits per heavy atom. The number of ether oxygens (including phenoxy) is 2. The Balaban J connectivity index is 1.38. The fourth-order valence-corrected chi connectivity index (χ4v) is 2.76. The minimum absolute atomic E-state index is 0.00261. The van der Waals surface area contributed by atoms with Gasteiger partial charge in [0.05, 0.1) is 12.8 Å². The third-order valence-electron chi connectivity index (χ3n) is 4.38. The highest BCUT2D eigenvalue weighted by Gasteiger charge is 2.14. The van der Waals surface area contributed by atoms with Gasteiger partial charge in [-0.2, -0.15) is 5.10 Å². The molecular weight excluding hydrogens is 370 g/mol. The molecule has 29 heavy (non-hydrogen) atoms. The van der Waals surface area contributed by atoms with Gasteiger partial charge >= 0.3 is 5.97 Å². The molecule has 4 aromatic rings. The van der Waals surface area contributed by atoms with Gasteiger partial charge in [-0.05, 0) is 37.3 Å². The molecule has 0 aliphatic heterocycles. The van der Waals surface area contributed by atoms with Gasteiger partial charge in [0.1, 0.15) is 30.0 Å². The van der Waals surface area contributed by atoms with Crippen LogP contribution in [0.3, 0.4) is 0 Å². The lowest BCUT2D eigenvalue weighted by Gasteiger charge is -2.00. The molecule has 0 saturated heterocycles. The molecule has 7 nitrogen and oxygen atoms in total. The van der Waals surface area contributed by atoms with Crippen LogP contribution in [0.25, 0.3) is 22.7 Å². The molecule has 2 heterocycles. The molecular formula is C22H19N3O4. The molecule has 0 saturated carbocycles. The summed E-state index contributed by atoms with van der Waals surface area (Å²) in [7, 11) is 1.61. The van der Waals surface area contributed by atoms with Crippen molar-refractivity contribution in [2.45, 2.75) is 13.5 Å². The van der Waals surface area contributed by atoms with Crippen LogP contribution in [0.2, 0.25) is 0 Å². The second-order valence-corrected chi connectivity index (χ2v) is 6.48. The van der Waals surface area contributed by atoms with E-state index in [2.05, 4.69) is 15.2 Å². The first-order valence-electron chi connectivity index (χ1n) is 9.01. The lowest BCUT2D eigenvalue weighted by atomic mass is 10.1. The van der Waals surface area contributed by atoms with Crippen LogP contribution in [0.1, 0.15) is 21.7 Å². The third-order valence-corrected chi connectivity index (χ3v) is 4.38. The predicted octanol–water partition coefficient (Wildman–Crippen LogP) is 4.41. The lowest BCUT2D eigenvalue weighted by Crippen LogP contribution is -2.05. The fraction of sp³-hybridized carbons (Fsp3) is 0.136. The maximum atomic E-state index is 12.3. The molecule has 0 aliphatic rings. The summed E-state index contributed by atoms with van der Waals surface area (Å²) in [4.78, 5) is 16.7. The number of rotatable bonds is 6. The summed E-state index contributed by atoms with van der Waals surface area (Å²) in [5, 5.41) is 6.90. The normalized spacial score (nSPS) is 10.7. The van der Waals surface area contributed by atoms with E-state index in [0.717, 1.165) is 22.4 Å². The van der Waals surface area contributed by atoms with Crippen molar-refractivity contribution in [3.8, 4) is 28.5 Å². The van der Waals surface area contributed by atoms with Crippen molar-refractivity contribution < 1.29 is 18.7 Å². The van der Waals surface area contributed by atoms with Crippen molar-refractivity contribution in [2.75, 3.05) is 7.11 Å². The van der Waals surface area contributed by atoms with Gasteiger partial charge in [0.15, 0.2) is 0 Å². The number of oxazole rings is 1. The summed E-state index contributed by atoms with van der Waals surface area (Å²) < 4.78 is 15.9. The minimum Gasteiger partial charge on any atom is -0.497 e. The molecule has 0 atom stereocenters. The zero-order chi connectivity index (χ0) is 20.2. The summed E-state index contributed by atoms with van der Waals surface area (Å²) in [5.41, 5.74) is 4.36. The van der Waals surface area contributed by atoms with Crippen LogP contribution in [-0.4, -0.2) is 28.3 Å². The number of aromatic nitrogens is 3. The van der Waals surface area contributed by atoms with Gasteiger partial charge in [-0.25, -0.2) is 9.78 Å². The monoisotopic (exact) mass is 389 g/mol. The van der Waals surface area contributed by atoms with Crippen LogP contribution in [0.4, 0.5) is 0 Å². The number of esters is 1. The highest BCUT2D eigenvalue weighted by atomic mass is 16.5. The van der Waals surface area contributed by atoms with Crippen molar-refractivity contribution in [1.29, 1.82) is 0 Å². The number of methoxy groups -OCH3 is 1. The number of carbonyl (C=O) groups is 1. The Hall–Kier alpha value is -3.87. The van der Waals surface area contributed by atoms with Crippen LogP contribution in [0, 0.1) is 6.92 Å². The first-order valence-corrected chi connectivity index (χ1v) is 9.01. The largest absolute Gasteiger partial charge is 0.497 e. The number of H-pyrrole nitrogens is 1. The number of carbonyl (C=O) groups excluding carboxylic acids is 1. The van der Waals surface area contributed by atoms with Crippen molar-refractivity contribution in [3.63, 3.8) is 0 Å². The van der Waals surface area contributed by atoms with E-state index in [1.165, 1.54) is 6.26 Å². The average Bonchev–Trinajstić information content (AvgIpc) is 3.43. The van der Waals surface area contributed by atoms with E-state index in [1.54, 1.807) is 13.2 Å². The summed E-state index contributed by atoms with van der Waals surface area (Å²) >= 11 is 0. The van der Waals surface area contributed by atoms with E-state index < -0.39 is 5.97 Å². The second kappa shape index (κ2) is 8.02. The van der Waals surface area contributed by atoms with Crippen molar-refractivity contribution in [1.82, 2.24) is 15.2 Å². The Morgan fingerprint density at radius 1 is 1.07 bits per heavy atom. The maximum Gasteiger partial charge on any atom is 0.356 e. The van der Waals surface area contributed by atoms with Gasteiger partial charge in [0.25, 0.3) is 0 Å². The zero-order valence-corrected chi connectivity index (χ0v) is 16.0. The molecule has 0 amide bonds. The van der Waals surface area contributed by atoms with E-state index in [9.17, 15) is 4.79 Å². The van der Waals surface area contributed by atoms with Gasteiger partial charge in [0.2, 0.25) is 5.89 Å². The zero-order valence-electron chi connectivity index (χ0n) is 16.0. The molecule has 0 unspecified atom stereocenters. The molecule has 7 heteroatoms. The van der Waals surface area contributed by atoms with E-state index >= 15 is 0 Å². The smallest absolute Gasteiger partial charge is 0.356 e. The molecule has 2 aromatic heterocycles. The van der Waals surface area contributed by atoms with Crippen LogP contribution < -0.4 is 4.74 Å². The molecule has 0 spiro atoms. The highest BCUT2D eigenvalue weighted by molar-refractivity contribution is 5.88. The van der Waals surface area contributed by atoms with Gasteiger partial charge in [0, 0.05) is 11.1 Å². The van der Waals surface area contributed by atoms with Gasteiger partial charge in [-0.15, -0.1) is 0 Å². The molecule has 0 radical (unpaired) electrons. The van der Waals surface area contributed by atoms with E-state index in [1.807, 2.05) is 55.5 Å². The topological polar surface area (TPSA) is 90.2 Å². The molecule has 146 valence electrons. The number of nitrogens with zero attached hydrogens (tertiary/aromatic N) is 2. The SMILES string of the molecule is COc1ccc(-c2nc(COC(=O)c3cc(-c4ccc(C)cc4)n[nH]3)co2)cc1. The molecule has 1 N–H and O–H groups in total. The number of hydrogen-bond donors (Lipinski definition) is 1. The molecule has 0 aliphatic carbocycles. The summed E-state index contributed by atoms with van der Waals surface area (Å²) in [6.07, 6.45) is 1.47. The quantitative estimate of drug-likeness (QED) is 0.492. The molecule has 0 fully saturated rings. The highest BCUT2D eigenvalue weighted by Crippen LogP contribution is 2.22. The lowest BCUT2D eigenvalue weighted by molar-refractivity contribution is 0.0460. The van der Waals surface area contributed by atoms with Crippen LogP contribution in [-0.2, 0) is 11.3 Å². The van der Waals surface area contributed by atoms with Crippen LogP contribution in [0.15, 0.2) is 65.3 Å². The summed E-state index contributed by atoms with van der Waals surface area (Å²) in [6.45, 7) is 2.01. The predicted molar refractivity (Wildman–Crippen MR) is 106 cm³/mol. The fourth-order valence-electron chi connectivity index (χ4n) is 2.76. The number of hydrogen-bond acceptors (Lipinski definition) is 6. The molecule has 0 bridgehead atoms. The average molecular weight is 389 g/mol. The van der Waals surface area contributed by atoms with Gasteiger partial charge < -0.3 is 13.9 Å². The number of nitrogens with one attached hydrogen (secondary N) is 1. The molecule has 4 rings (SSSR count). The second-order valence-electron chi connectivity index (χ2n) is 6.48. The summed E-state index contributed by atoms with van der Waals surface area (Å²) in [5.74, 6) is 0.686. The first kappa shape index (κ1) is 18.5. The number of benzene rings is 2. The Kier molecular flexibility index (Phi) is 5.11. The Bertz CT molecular complexity index is 1110. The van der Waals surface area contributed by atoms with Crippen LogP contribution in [0.5, 0.6) is 5.75 Å². The van der Waals surface area contributed by atoms with E-state index in [-0.39, 0.29) is 12.3 Å². The standard InChI is InChI=1S/C22H19N3O4/c1-14-3-5-15(6-4-14)19-11-20(25-24-19)22(26)29-13-17-12-28-21(23-17)16-7-9-18(27-2)10-8-16/h3-12H,13H2,1-2H3,(H,24,25). The molecule has 2 aromatic carbocycles. The first-order chi connectivity index (χ1) is 14.1. The minimum atomic E-state index is -0.509. The van der Waals surface area contributed by atoms with Crippen LogP contribution >= 0.6 is 0 Å². The van der Waals surface area contributed by atoms with Gasteiger partial charge in [-0.3, -0.25) is 5.10 Å². The maximum absolute atomic E-state index is 12.3. The Labute approximate surface area is 167 Å². The van der Waals surface area contributed by atoms with Crippen molar-refractivity contribution >= 4 is 5.97 Å².